The van der Waals surface area contributed by atoms with Crippen molar-refractivity contribution < 1.29 is 4.74 Å². The van der Waals surface area contributed by atoms with E-state index in [1.165, 1.54) is 19.3 Å². The summed E-state index contributed by atoms with van der Waals surface area (Å²) in [6, 6.07) is 0.410. The maximum Gasteiger partial charge on any atom is 0.228 e. The second-order valence-corrected chi connectivity index (χ2v) is 9.21. The molecule has 9 heteroatoms. The fourth-order valence-electron chi connectivity index (χ4n) is 5.42. The van der Waals surface area contributed by atoms with Crippen LogP contribution in [0.5, 0.6) is 0 Å². The van der Waals surface area contributed by atoms with Crippen LogP contribution in [-0.2, 0) is 4.74 Å². The molecular weight excluding hydrogens is 392 g/mol. The molecule has 3 aromatic heterocycles. The van der Waals surface area contributed by atoms with Crippen LogP contribution in [0.3, 0.4) is 0 Å². The Kier molecular flexibility index (Phi) is 4.52. The molecular formula is C22H28N8O. The summed E-state index contributed by atoms with van der Waals surface area (Å²) in [5, 5.41) is 0. The lowest BCUT2D eigenvalue weighted by Crippen LogP contribution is -2.43. The topological polar surface area (TPSA) is 108 Å². The summed E-state index contributed by atoms with van der Waals surface area (Å²) in [4.78, 5) is 25.7. The molecule has 3 aliphatic rings. The highest BCUT2D eigenvalue weighted by Gasteiger charge is 2.35. The number of nitrogens with zero attached hydrogens (tertiary/aromatic N) is 7. The Hall–Kier alpha value is -2.81. The summed E-state index contributed by atoms with van der Waals surface area (Å²) in [6.45, 7) is 3.98. The minimum absolute atomic E-state index is 0.265. The first-order valence-corrected chi connectivity index (χ1v) is 11.4. The van der Waals surface area contributed by atoms with E-state index < -0.39 is 0 Å². The van der Waals surface area contributed by atoms with Crippen LogP contribution < -0.4 is 10.6 Å². The zero-order valence-corrected chi connectivity index (χ0v) is 17.8. The Morgan fingerprint density at radius 2 is 1.77 bits per heavy atom. The summed E-state index contributed by atoms with van der Waals surface area (Å²) in [7, 11) is 0. The number of imidazole rings is 1. The number of ether oxygens (including phenoxy) is 1. The standard InChI is InChI=1S/C22H28N8O/c1-13-4-2-3-5-17(13)30-12-26-20-19(16-8-25-18(23)9-24-16)27-22(28-21(20)30)29-10-14-6-7-15(11-29)31-14/h8-9,12-15,17H,2-7,10-11H2,1H3,(H2,23,25). The Morgan fingerprint density at radius 3 is 2.52 bits per heavy atom. The fourth-order valence-corrected chi connectivity index (χ4v) is 5.42. The summed E-state index contributed by atoms with van der Waals surface area (Å²) in [5.74, 6) is 1.72. The number of hydrogen-bond donors (Lipinski definition) is 1. The minimum atomic E-state index is 0.265. The number of morpholine rings is 1. The van der Waals surface area contributed by atoms with Crippen LogP contribution in [0.15, 0.2) is 18.7 Å². The van der Waals surface area contributed by atoms with E-state index in [-0.39, 0.29) is 12.2 Å². The van der Waals surface area contributed by atoms with Gasteiger partial charge in [0.1, 0.15) is 22.7 Å². The molecule has 5 heterocycles. The van der Waals surface area contributed by atoms with Crippen LogP contribution in [0.1, 0.15) is 51.5 Å². The average molecular weight is 421 g/mol. The van der Waals surface area contributed by atoms with Crippen LogP contribution in [0, 0.1) is 5.92 Å². The number of nitrogens with two attached hydrogens (primary N) is 1. The maximum absolute atomic E-state index is 6.03. The minimum Gasteiger partial charge on any atom is -0.382 e. The van der Waals surface area contributed by atoms with Crippen molar-refractivity contribution in [3.63, 3.8) is 0 Å². The molecule has 4 atom stereocenters. The second kappa shape index (κ2) is 7.40. The van der Waals surface area contributed by atoms with Crippen molar-refractivity contribution in [3.05, 3.63) is 18.7 Å². The molecule has 2 aliphatic heterocycles. The van der Waals surface area contributed by atoms with Gasteiger partial charge in [-0.3, -0.25) is 0 Å². The van der Waals surface area contributed by atoms with E-state index in [4.69, 9.17) is 25.4 Å². The molecule has 6 rings (SSSR count). The number of rotatable bonds is 3. The molecule has 0 radical (unpaired) electrons. The van der Waals surface area contributed by atoms with Crippen LogP contribution in [0.25, 0.3) is 22.6 Å². The molecule has 3 fully saturated rings. The van der Waals surface area contributed by atoms with Crippen molar-refractivity contribution in [1.29, 1.82) is 0 Å². The molecule has 4 unspecified atom stereocenters. The number of hydrogen-bond acceptors (Lipinski definition) is 8. The SMILES string of the molecule is CC1CCCCC1n1cnc2c(-c3cnc(N)cn3)nc(N3CC4CCC(C3)O4)nc21. The van der Waals surface area contributed by atoms with Gasteiger partial charge in [-0.15, -0.1) is 0 Å². The molecule has 2 N–H and O–H groups in total. The molecule has 0 spiro atoms. The van der Waals surface area contributed by atoms with Gasteiger partial charge in [-0.2, -0.15) is 4.98 Å². The molecule has 2 bridgehead atoms. The van der Waals surface area contributed by atoms with Gasteiger partial charge in [0.15, 0.2) is 5.65 Å². The Morgan fingerprint density at radius 1 is 0.968 bits per heavy atom. The average Bonchev–Trinajstić information content (AvgIpc) is 3.36. The van der Waals surface area contributed by atoms with E-state index in [1.54, 1.807) is 12.4 Å². The van der Waals surface area contributed by atoms with Crippen LogP contribution in [-0.4, -0.2) is 54.8 Å². The highest BCUT2D eigenvalue weighted by molar-refractivity contribution is 5.87. The highest BCUT2D eigenvalue weighted by Crippen LogP contribution is 2.37. The van der Waals surface area contributed by atoms with E-state index in [0.717, 1.165) is 49.5 Å². The Bertz CT molecular complexity index is 1080. The van der Waals surface area contributed by atoms with Crippen molar-refractivity contribution in [2.75, 3.05) is 23.7 Å². The first-order valence-electron chi connectivity index (χ1n) is 11.4. The van der Waals surface area contributed by atoms with Gasteiger partial charge in [-0.1, -0.05) is 19.8 Å². The first-order chi connectivity index (χ1) is 15.2. The third-order valence-electron chi connectivity index (χ3n) is 7.07. The van der Waals surface area contributed by atoms with E-state index in [9.17, 15) is 0 Å². The lowest BCUT2D eigenvalue weighted by Gasteiger charge is -2.33. The molecule has 31 heavy (non-hydrogen) atoms. The largest absolute Gasteiger partial charge is 0.382 e. The van der Waals surface area contributed by atoms with Crippen molar-refractivity contribution >= 4 is 22.9 Å². The Labute approximate surface area is 181 Å². The number of nitrogen functional groups attached to an aromatic ring is 1. The predicted molar refractivity (Wildman–Crippen MR) is 118 cm³/mol. The smallest absolute Gasteiger partial charge is 0.228 e. The van der Waals surface area contributed by atoms with Crippen molar-refractivity contribution in [1.82, 2.24) is 29.5 Å². The molecule has 1 aliphatic carbocycles. The Balaban J connectivity index is 1.49. The first kappa shape index (κ1) is 18.9. The van der Waals surface area contributed by atoms with Gasteiger partial charge in [-0.25, -0.2) is 19.9 Å². The van der Waals surface area contributed by atoms with E-state index in [2.05, 4.69) is 26.4 Å². The van der Waals surface area contributed by atoms with Gasteiger partial charge in [-0.05, 0) is 31.6 Å². The van der Waals surface area contributed by atoms with Crippen LogP contribution >= 0.6 is 0 Å². The summed E-state index contributed by atoms with van der Waals surface area (Å²) in [6.07, 6.45) is 12.9. The normalized spacial score (nSPS) is 28.4. The summed E-state index contributed by atoms with van der Waals surface area (Å²) in [5.41, 5.74) is 8.81. The van der Waals surface area contributed by atoms with Gasteiger partial charge in [0.05, 0.1) is 30.9 Å². The number of aromatic nitrogens is 6. The number of fused-ring (bicyclic) bond motifs is 3. The lowest BCUT2D eigenvalue weighted by molar-refractivity contribution is 0.0299. The summed E-state index contributed by atoms with van der Waals surface area (Å²) >= 11 is 0. The van der Waals surface area contributed by atoms with Crippen molar-refractivity contribution in [2.24, 2.45) is 5.92 Å². The number of anilines is 2. The van der Waals surface area contributed by atoms with Gasteiger partial charge >= 0.3 is 0 Å². The molecule has 1 saturated carbocycles. The van der Waals surface area contributed by atoms with E-state index in [1.807, 2.05) is 6.33 Å². The van der Waals surface area contributed by atoms with Gasteiger partial charge in [0.2, 0.25) is 5.95 Å². The molecule has 3 aromatic rings. The zero-order chi connectivity index (χ0) is 20.9. The third-order valence-corrected chi connectivity index (χ3v) is 7.07. The van der Waals surface area contributed by atoms with Crippen LogP contribution in [0.4, 0.5) is 11.8 Å². The third kappa shape index (κ3) is 3.31. The van der Waals surface area contributed by atoms with Gasteiger partial charge in [0, 0.05) is 19.1 Å². The molecule has 162 valence electrons. The predicted octanol–water partition coefficient (Wildman–Crippen LogP) is 2.98. The van der Waals surface area contributed by atoms with E-state index in [0.29, 0.717) is 29.2 Å². The van der Waals surface area contributed by atoms with Crippen molar-refractivity contribution in [3.8, 4) is 11.4 Å². The summed E-state index contributed by atoms with van der Waals surface area (Å²) < 4.78 is 8.30. The highest BCUT2D eigenvalue weighted by atomic mass is 16.5. The van der Waals surface area contributed by atoms with Gasteiger partial charge < -0.3 is 19.9 Å². The molecule has 2 saturated heterocycles. The molecule has 0 aromatic carbocycles. The lowest BCUT2D eigenvalue weighted by atomic mass is 9.86. The van der Waals surface area contributed by atoms with E-state index >= 15 is 0 Å². The van der Waals surface area contributed by atoms with Crippen molar-refractivity contribution in [2.45, 2.75) is 63.7 Å². The van der Waals surface area contributed by atoms with Crippen LogP contribution in [0.2, 0.25) is 0 Å². The monoisotopic (exact) mass is 420 g/mol. The quantitative estimate of drug-likeness (QED) is 0.689. The zero-order valence-electron chi connectivity index (χ0n) is 17.8. The fraction of sp³-hybridized carbons (Fsp3) is 0.591. The maximum atomic E-state index is 6.03. The molecule has 0 amide bonds. The second-order valence-electron chi connectivity index (χ2n) is 9.21. The van der Waals surface area contributed by atoms with Gasteiger partial charge in [0.25, 0.3) is 0 Å². The molecule has 9 nitrogen and oxygen atoms in total.